The van der Waals surface area contributed by atoms with E-state index in [1.54, 1.807) is 7.11 Å². The first-order valence-electron chi connectivity index (χ1n) is 10.5. The number of anilines is 1. The number of nitrogens with one attached hydrogen (secondary N) is 1. The second-order valence-corrected chi connectivity index (χ2v) is 7.81. The molecule has 0 fully saturated rings. The number of halogens is 1. The Morgan fingerprint density at radius 1 is 0.871 bits per heavy atom. The molecule has 0 aliphatic carbocycles. The van der Waals surface area contributed by atoms with Gasteiger partial charge in [-0.25, -0.2) is 0 Å². The van der Waals surface area contributed by atoms with Crippen molar-refractivity contribution in [2.45, 2.75) is 26.5 Å². The molecule has 0 unspecified atom stereocenters. The average molecular weight is 432 g/mol. The fraction of sp³-hybridized carbons (Fsp3) is 0.185. The summed E-state index contributed by atoms with van der Waals surface area (Å²) in [5.74, 6) is 1.20. The van der Waals surface area contributed by atoms with E-state index in [-0.39, 0.29) is 0 Å². The maximum Gasteiger partial charge on any atom is 0.180 e. The molecule has 31 heavy (non-hydrogen) atoms. The van der Waals surface area contributed by atoms with E-state index in [0.29, 0.717) is 29.7 Å². The van der Waals surface area contributed by atoms with Crippen LogP contribution in [0.4, 0.5) is 5.69 Å². The van der Waals surface area contributed by atoms with Crippen molar-refractivity contribution in [3.05, 3.63) is 101 Å². The molecule has 0 aliphatic rings. The number of rotatable bonds is 8. The summed E-state index contributed by atoms with van der Waals surface area (Å²) >= 11 is 6.61. The van der Waals surface area contributed by atoms with Crippen LogP contribution >= 0.6 is 11.6 Å². The zero-order valence-electron chi connectivity index (χ0n) is 17.8. The first-order chi connectivity index (χ1) is 15.2. The molecule has 0 radical (unpaired) electrons. The first-order valence-corrected chi connectivity index (χ1v) is 10.8. The molecule has 0 saturated heterocycles. The third-order valence-electron chi connectivity index (χ3n) is 5.42. The molecule has 158 valence electrons. The number of fused-ring (bicyclic) bond motifs is 1. The van der Waals surface area contributed by atoms with Gasteiger partial charge >= 0.3 is 0 Å². The first kappa shape index (κ1) is 21.1. The van der Waals surface area contributed by atoms with Crippen LogP contribution in [0.2, 0.25) is 5.02 Å². The minimum Gasteiger partial charge on any atom is -0.493 e. The van der Waals surface area contributed by atoms with Crippen molar-refractivity contribution in [1.29, 1.82) is 0 Å². The summed E-state index contributed by atoms with van der Waals surface area (Å²) in [6.07, 6.45) is 0.980. The summed E-state index contributed by atoms with van der Waals surface area (Å²) in [5.41, 5.74) is 4.57. The summed E-state index contributed by atoms with van der Waals surface area (Å²) in [7, 11) is 1.64. The maximum absolute atomic E-state index is 6.61. The van der Waals surface area contributed by atoms with E-state index in [4.69, 9.17) is 21.1 Å². The molecule has 0 saturated carbocycles. The van der Waals surface area contributed by atoms with Crippen LogP contribution in [0.3, 0.4) is 0 Å². The lowest BCUT2D eigenvalue weighted by Gasteiger charge is -2.16. The molecule has 3 nitrogen and oxygen atoms in total. The number of hydrogen-bond donors (Lipinski definition) is 1. The van der Waals surface area contributed by atoms with E-state index in [1.165, 1.54) is 16.3 Å². The van der Waals surface area contributed by atoms with E-state index >= 15 is 0 Å². The maximum atomic E-state index is 6.61. The Balaban J connectivity index is 1.52. The van der Waals surface area contributed by atoms with Crippen LogP contribution in [-0.2, 0) is 19.6 Å². The van der Waals surface area contributed by atoms with Gasteiger partial charge in [0.05, 0.1) is 12.1 Å². The molecule has 4 aromatic carbocycles. The number of ether oxygens (including phenoxy) is 2. The molecule has 0 amide bonds. The normalized spacial score (nSPS) is 10.8. The Morgan fingerprint density at radius 3 is 2.45 bits per heavy atom. The van der Waals surface area contributed by atoms with Gasteiger partial charge in [0.1, 0.15) is 6.61 Å². The largest absolute Gasteiger partial charge is 0.493 e. The fourth-order valence-electron chi connectivity index (χ4n) is 3.78. The Kier molecular flexibility index (Phi) is 6.63. The third kappa shape index (κ3) is 4.78. The van der Waals surface area contributed by atoms with Gasteiger partial charge < -0.3 is 14.8 Å². The van der Waals surface area contributed by atoms with Crippen molar-refractivity contribution in [3.8, 4) is 11.5 Å². The van der Waals surface area contributed by atoms with Crippen molar-refractivity contribution in [2.75, 3.05) is 12.4 Å². The van der Waals surface area contributed by atoms with Gasteiger partial charge in [-0.3, -0.25) is 0 Å². The smallest absolute Gasteiger partial charge is 0.180 e. The highest BCUT2D eigenvalue weighted by Gasteiger charge is 2.13. The van der Waals surface area contributed by atoms with Gasteiger partial charge in [0.15, 0.2) is 11.5 Å². The lowest BCUT2D eigenvalue weighted by molar-refractivity contribution is 0.285. The third-order valence-corrected chi connectivity index (χ3v) is 5.70. The Bertz CT molecular complexity index is 1180. The molecule has 1 N–H and O–H groups in total. The minimum absolute atomic E-state index is 0.416. The van der Waals surface area contributed by atoms with Gasteiger partial charge in [-0.05, 0) is 52.1 Å². The number of hydrogen-bond acceptors (Lipinski definition) is 3. The molecule has 4 rings (SSSR count). The van der Waals surface area contributed by atoms with E-state index in [1.807, 2.05) is 36.4 Å². The summed E-state index contributed by atoms with van der Waals surface area (Å²) in [5, 5.41) is 6.41. The predicted molar refractivity (Wildman–Crippen MR) is 129 cm³/mol. The second kappa shape index (κ2) is 9.76. The highest BCUT2D eigenvalue weighted by Crippen LogP contribution is 2.37. The fourth-order valence-corrected chi connectivity index (χ4v) is 4.07. The molecule has 4 heteroatoms. The van der Waals surface area contributed by atoms with Crippen molar-refractivity contribution in [2.24, 2.45) is 0 Å². The lowest BCUT2D eigenvalue weighted by Crippen LogP contribution is -2.04. The molecule has 4 aromatic rings. The highest BCUT2D eigenvalue weighted by molar-refractivity contribution is 6.32. The highest BCUT2D eigenvalue weighted by atomic mass is 35.5. The lowest BCUT2D eigenvalue weighted by atomic mass is 10.1. The van der Waals surface area contributed by atoms with Gasteiger partial charge in [0.2, 0.25) is 0 Å². The van der Waals surface area contributed by atoms with Crippen LogP contribution in [-0.4, -0.2) is 7.11 Å². The quantitative estimate of drug-likeness (QED) is 0.318. The van der Waals surface area contributed by atoms with Crippen LogP contribution in [0.25, 0.3) is 10.8 Å². The molecule has 0 atom stereocenters. The zero-order valence-corrected chi connectivity index (χ0v) is 18.6. The Hall–Kier alpha value is -3.17. The van der Waals surface area contributed by atoms with Crippen LogP contribution in [0.15, 0.2) is 78.9 Å². The average Bonchev–Trinajstić information content (AvgIpc) is 2.81. The van der Waals surface area contributed by atoms with Crippen LogP contribution in [0.5, 0.6) is 11.5 Å². The van der Waals surface area contributed by atoms with Crippen molar-refractivity contribution < 1.29 is 9.47 Å². The Labute approximate surface area is 188 Å². The molecular formula is C27H26ClNO2. The van der Waals surface area contributed by atoms with E-state index in [0.717, 1.165) is 23.2 Å². The van der Waals surface area contributed by atoms with Gasteiger partial charge in [-0.15, -0.1) is 0 Å². The molecule has 0 aromatic heterocycles. The molecule has 0 aliphatic heterocycles. The van der Waals surface area contributed by atoms with Gasteiger partial charge in [-0.1, -0.05) is 79.2 Å². The minimum atomic E-state index is 0.416. The van der Waals surface area contributed by atoms with Gasteiger partial charge in [0, 0.05) is 12.2 Å². The monoisotopic (exact) mass is 431 g/mol. The van der Waals surface area contributed by atoms with Crippen molar-refractivity contribution in [1.82, 2.24) is 0 Å². The van der Waals surface area contributed by atoms with Crippen LogP contribution < -0.4 is 14.8 Å². The number of aryl methyl sites for hydroxylation is 1. The van der Waals surface area contributed by atoms with Gasteiger partial charge in [-0.2, -0.15) is 0 Å². The van der Waals surface area contributed by atoms with Crippen LogP contribution in [0, 0.1) is 0 Å². The molecular weight excluding hydrogens is 406 g/mol. The molecule has 0 heterocycles. The molecule has 0 spiro atoms. The Morgan fingerprint density at radius 2 is 1.61 bits per heavy atom. The summed E-state index contributed by atoms with van der Waals surface area (Å²) in [4.78, 5) is 0. The number of benzene rings is 4. The summed E-state index contributed by atoms with van der Waals surface area (Å²) in [6, 6.07) is 26.8. The number of methoxy groups -OCH3 is 1. The molecule has 0 bridgehead atoms. The topological polar surface area (TPSA) is 30.5 Å². The number of para-hydroxylation sites is 1. The van der Waals surface area contributed by atoms with E-state index in [9.17, 15) is 0 Å². The van der Waals surface area contributed by atoms with Crippen molar-refractivity contribution >= 4 is 28.1 Å². The summed E-state index contributed by atoms with van der Waals surface area (Å²) in [6.45, 7) is 3.22. The summed E-state index contributed by atoms with van der Waals surface area (Å²) < 4.78 is 11.7. The van der Waals surface area contributed by atoms with Gasteiger partial charge in [0.25, 0.3) is 0 Å². The SMILES string of the molecule is CCc1ccccc1NCc1cc(Cl)c(OCc2cccc3ccccc23)c(OC)c1. The standard InChI is InChI=1S/C27H26ClNO2/c1-3-20-9-5-7-14-25(20)29-17-19-15-24(28)27(26(16-19)30-2)31-18-22-12-8-11-21-10-4-6-13-23(21)22/h4-16,29H,3,17-18H2,1-2H3. The zero-order chi connectivity index (χ0) is 21.6. The second-order valence-electron chi connectivity index (χ2n) is 7.40. The predicted octanol–water partition coefficient (Wildman–Crippen LogP) is 7.26. The van der Waals surface area contributed by atoms with Crippen LogP contribution in [0.1, 0.15) is 23.6 Å². The van der Waals surface area contributed by atoms with Crippen molar-refractivity contribution in [3.63, 3.8) is 0 Å². The van der Waals surface area contributed by atoms with E-state index < -0.39 is 0 Å². The van der Waals surface area contributed by atoms with E-state index in [2.05, 4.69) is 54.7 Å².